The van der Waals surface area contributed by atoms with Gasteiger partial charge in [-0.15, -0.1) is 0 Å². The largest absolute Gasteiger partial charge is 0.379 e. The highest BCUT2D eigenvalue weighted by Gasteiger charge is 2.23. The Hall–Kier alpha value is -2.58. The molecule has 3 aromatic rings. The van der Waals surface area contributed by atoms with Gasteiger partial charge in [-0.3, -0.25) is 4.90 Å². The summed E-state index contributed by atoms with van der Waals surface area (Å²) in [5, 5.41) is 8.09. The minimum absolute atomic E-state index is 0.000202. The third kappa shape index (κ3) is 3.38. The SMILES string of the molecule is Cc1noc2ncnc(NCC(c3cccc(F)c3)N3CCOCC3)c12. The summed E-state index contributed by atoms with van der Waals surface area (Å²) < 4.78 is 24.4. The van der Waals surface area contributed by atoms with Crippen LogP contribution in [0, 0.1) is 12.7 Å². The van der Waals surface area contributed by atoms with Crippen molar-refractivity contribution >= 4 is 16.9 Å². The third-order valence-corrected chi connectivity index (χ3v) is 4.63. The lowest BCUT2D eigenvalue weighted by molar-refractivity contribution is 0.0186. The fourth-order valence-electron chi connectivity index (χ4n) is 3.31. The summed E-state index contributed by atoms with van der Waals surface area (Å²) in [6, 6.07) is 6.74. The number of ether oxygens (including phenoxy) is 1. The molecule has 0 bridgehead atoms. The monoisotopic (exact) mass is 357 g/mol. The second-order valence-corrected chi connectivity index (χ2v) is 6.27. The summed E-state index contributed by atoms with van der Waals surface area (Å²) >= 11 is 0. The van der Waals surface area contributed by atoms with Crippen LogP contribution in [0.4, 0.5) is 10.2 Å². The molecule has 1 unspecified atom stereocenters. The number of nitrogens with one attached hydrogen (secondary N) is 1. The normalized spacial score (nSPS) is 16.7. The maximum Gasteiger partial charge on any atom is 0.263 e. The van der Waals surface area contributed by atoms with Gasteiger partial charge in [-0.2, -0.15) is 4.98 Å². The Bertz CT molecular complexity index is 894. The number of anilines is 1. The van der Waals surface area contributed by atoms with E-state index in [1.165, 1.54) is 12.4 Å². The van der Waals surface area contributed by atoms with Crippen molar-refractivity contribution < 1.29 is 13.7 Å². The first-order valence-electron chi connectivity index (χ1n) is 8.60. The van der Waals surface area contributed by atoms with Gasteiger partial charge in [0.05, 0.1) is 24.9 Å². The highest BCUT2D eigenvalue weighted by molar-refractivity contribution is 5.87. The fraction of sp³-hybridized carbons (Fsp3) is 0.389. The molecule has 1 N–H and O–H groups in total. The Kier molecular flexibility index (Phi) is 4.77. The zero-order valence-corrected chi connectivity index (χ0v) is 14.5. The first-order valence-corrected chi connectivity index (χ1v) is 8.60. The number of morpholine rings is 1. The Morgan fingerprint density at radius 3 is 2.92 bits per heavy atom. The zero-order chi connectivity index (χ0) is 17.9. The lowest BCUT2D eigenvalue weighted by atomic mass is 10.0. The molecule has 1 aliphatic heterocycles. The van der Waals surface area contributed by atoms with Crippen molar-refractivity contribution in [3.05, 3.63) is 47.7 Å². The molecular weight excluding hydrogens is 337 g/mol. The van der Waals surface area contributed by atoms with E-state index in [1.54, 1.807) is 12.1 Å². The lowest BCUT2D eigenvalue weighted by Gasteiger charge is -2.35. The van der Waals surface area contributed by atoms with Gasteiger partial charge in [0.2, 0.25) is 0 Å². The Balaban J connectivity index is 1.61. The van der Waals surface area contributed by atoms with E-state index in [-0.39, 0.29) is 11.9 Å². The van der Waals surface area contributed by atoms with Crippen LogP contribution in [-0.4, -0.2) is 52.9 Å². The average Bonchev–Trinajstić information content (AvgIpc) is 3.05. The molecule has 7 nitrogen and oxygen atoms in total. The molecule has 3 heterocycles. The van der Waals surface area contributed by atoms with Gasteiger partial charge in [0, 0.05) is 19.6 Å². The van der Waals surface area contributed by atoms with Gasteiger partial charge in [0.25, 0.3) is 5.71 Å². The summed E-state index contributed by atoms with van der Waals surface area (Å²) in [7, 11) is 0. The average molecular weight is 357 g/mol. The van der Waals surface area contributed by atoms with Crippen molar-refractivity contribution in [2.75, 3.05) is 38.2 Å². The maximum atomic E-state index is 13.8. The molecule has 0 saturated carbocycles. The van der Waals surface area contributed by atoms with Crippen LogP contribution in [0.15, 0.2) is 35.1 Å². The molecule has 0 radical (unpaired) electrons. The van der Waals surface area contributed by atoms with E-state index >= 15 is 0 Å². The highest BCUT2D eigenvalue weighted by Crippen LogP contribution is 2.26. The number of benzene rings is 1. The van der Waals surface area contributed by atoms with Crippen LogP contribution in [0.2, 0.25) is 0 Å². The number of rotatable bonds is 5. The summed E-state index contributed by atoms with van der Waals surface area (Å²) in [4.78, 5) is 10.7. The smallest absolute Gasteiger partial charge is 0.263 e. The standard InChI is InChI=1S/C18H20FN5O2/c1-12-16-17(21-11-22-18(16)26-23-12)20-10-15(24-5-7-25-8-6-24)13-3-2-4-14(19)9-13/h2-4,9,11,15H,5-8,10H2,1H3,(H,20,21,22). The highest BCUT2D eigenvalue weighted by atomic mass is 19.1. The van der Waals surface area contributed by atoms with E-state index in [0.717, 1.165) is 29.7 Å². The number of hydrogen-bond acceptors (Lipinski definition) is 7. The number of hydrogen-bond donors (Lipinski definition) is 1. The maximum absolute atomic E-state index is 13.8. The van der Waals surface area contributed by atoms with Crippen molar-refractivity contribution in [3.63, 3.8) is 0 Å². The molecule has 1 fully saturated rings. The lowest BCUT2D eigenvalue weighted by Crippen LogP contribution is -2.41. The van der Waals surface area contributed by atoms with Gasteiger partial charge in [0.15, 0.2) is 0 Å². The van der Waals surface area contributed by atoms with Gasteiger partial charge in [-0.05, 0) is 24.6 Å². The van der Waals surface area contributed by atoms with Crippen LogP contribution in [0.1, 0.15) is 17.3 Å². The molecule has 2 aromatic heterocycles. The zero-order valence-electron chi connectivity index (χ0n) is 14.5. The van der Waals surface area contributed by atoms with Crippen molar-refractivity contribution in [1.82, 2.24) is 20.0 Å². The summed E-state index contributed by atoms with van der Waals surface area (Å²) in [6.45, 7) is 5.37. The number of aromatic nitrogens is 3. The van der Waals surface area contributed by atoms with E-state index in [0.29, 0.717) is 31.3 Å². The molecule has 8 heteroatoms. The third-order valence-electron chi connectivity index (χ3n) is 4.63. The minimum atomic E-state index is -0.236. The van der Waals surface area contributed by atoms with Crippen LogP contribution in [-0.2, 0) is 4.74 Å². The first kappa shape index (κ1) is 16.9. The fourth-order valence-corrected chi connectivity index (χ4v) is 3.31. The van der Waals surface area contributed by atoms with E-state index < -0.39 is 0 Å². The van der Waals surface area contributed by atoms with Crippen molar-refractivity contribution in [2.24, 2.45) is 0 Å². The van der Waals surface area contributed by atoms with Crippen molar-refractivity contribution in [3.8, 4) is 0 Å². The quantitative estimate of drug-likeness (QED) is 0.752. The predicted octanol–water partition coefficient (Wildman–Crippen LogP) is 2.55. The summed E-state index contributed by atoms with van der Waals surface area (Å²) in [6.07, 6.45) is 1.45. The molecule has 0 aliphatic carbocycles. The van der Waals surface area contributed by atoms with Gasteiger partial charge in [0.1, 0.15) is 23.3 Å². The van der Waals surface area contributed by atoms with E-state index in [1.807, 2.05) is 13.0 Å². The molecular formula is C18H20FN5O2. The van der Waals surface area contributed by atoms with E-state index in [2.05, 4.69) is 25.3 Å². The van der Waals surface area contributed by atoms with Crippen molar-refractivity contribution in [1.29, 1.82) is 0 Å². The molecule has 0 amide bonds. The van der Waals surface area contributed by atoms with Crippen LogP contribution < -0.4 is 5.32 Å². The number of halogens is 1. The number of nitrogens with zero attached hydrogens (tertiary/aromatic N) is 4. The molecule has 26 heavy (non-hydrogen) atoms. The topological polar surface area (TPSA) is 76.3 Å². The van der Waals surface area contributed by atoms with Gasteiger partial charge < -0.3 is 14.6 Å². The molecule has 1 aliphatic rings. The van der Waals surface area contributed by atoms with E-state index in [9.17, 15) is 4.39 Å². The minimum Gasteiger partial charge on any atom is -0.379 e. The summed E-state index contributed by atoms with van der Waals surface area (Å²) in [5.74, 6) is 0.434. The van der Waals surface area contributed by atoms with Crippen LogP contribution in [0.3, 0.4) is 0 Å². The van der Waals surface area contributed by atoms with Crippen LogP contribution in [0.25, 0.3) is 11.1 Å². The molecule has 1 atom stereocenters. The van der Waals surface area contributed by atoms with E-state index in [4.69, 9.17) is 9.26 Å². The molecule has 136 valence electrons. The number of aryl methyl sites for hydroxylation is 1. The second-order valence-electron chi connectivity index (χ2n) is 6.27. The summed E-state index contributed by atoms with van der Waals surface area (Å²) in [5.41, 5.74) is 2.11. The molecule has 4 rings (SSSR count). The predicted molar refractivity (Wildman–Crippen MR) is 94.4 cm³/mol. The number of fused-ring (bicyclic) bond motifs is 1. The first-order chi connectivity index (χ1) is 12.7. The van der Waals surface area contributed by atoms with Gasteiger partial charge in [-0.1, -0.05) is 17.3 Å². The van der Waals surface area contributed by atoms with Crippen LogP contribution in [0.5, 0.6) is 0 Å². The molecule has 1 aromatic carbocycles. The van der Waals surface area contributed by atoms with Crippen molar-refractivity contribution in [2.45, 2.75) is 13.0 Å². The Morgan fingerprint density at radius 1 is 1.27 bits per heavy atom. The molecule has 0 spiro atoms. The van der Waals surface area contributed by atoms with Gasteiger partial charge >= 0.3 is 0 Å². The van der Waals surface area contributed by atoms with Crippen LogP contribution >= 0.6 is 0 Å². The Morgan fingerprint density at radius 2 is 2.12 bits per heavy atom. The second kappa shape index (κ2) is 7.35. The molecule has 1 saturated heterocycles. The van der Waals surface area contributed by atoms with Gasteiger partial charge in [-0.25, -0.2) is 9.37 Å². The Labute approximate surface area is 150 Å².